The van der Waals surface area contributed by atoms with Gasteiger partial charge in [-0.05, 0) is 29.4 Å². The first-order chi connectivity index (χ1) is 8.11. The molecule has 4 heteroatoms. The lowest BCUT2D eigenvalue weighted by Gasteiger charge is -2.26. The summed E-state index contributed by atoms with van der Waals surface area (Å²) >= 11 is 0. The Morgan fingerprint density at radius 3 is 1.71 bits per heavy atom. The van der Waals surface area contributed by atoms with Crippen molar-refractivity contribution in [2.75, 3.05) is 0 Å². The van der Waals surface area contributed by atoms with Gasteiger partial charge in [-0.25, -0.2) is 0 Å². The number of carboxylic acids is 2. The number of benzene rings is 1. The zero-order valence-corrected chi connectivity index (χ0v) is 9.04. The van der Waals surface area contributed by atoms with Crippen LogP contribution in [0.5, 0.6) is 0 Å². The van der Waals surface area contributed by atoms with Crippen LogP contribution < -0.4 is 0 Å². The van der Waals surface area contributed by atoms with Crippen molar-refractivity contribution >= 4 is 11.9 Å². The molecular formula is C13H12O4. The quantitative estimate of drug-likeness (QED) is 0.813. The molecule has 0 saturated heterocycles. The molecule has 2 aliphatic rings. The second-order valence-electron chi connectivity index (χ2n) is 4.81. The van der Waals surface area contributed by atoms with Crippen molar-refractivity contribution in [2.45, 2.75) is 18.3 Å². The van der Waals surface area contributed by atoms with Gasteiger partial charge in [0.2, 0.25) is 0 Å². The number of rotatable bonds is 2. The molecule has 0 spiro atoms. The Kier molecular flexibility index (Phi) is 2.02. The van der Waals surface area contributed by atoms with Gasteiger partial charge in [-0.1, -0.05) is 24.3 Å². The van der Waals surface area contributed by atoms with Crippen LogP contribution in [-0.4, -0.2) is 22.2 Å². The van der Waals surface area contributed by atoms with Crippen LogP contribution in [0.4, 0.5) is 0 Å². The highest BCUT2D eigenvalue weighted by Crippen LogP contribution is 2.59. The van der Waals surface area contributed by atoms with Crippen LogP contribution in [0.2, 0.25) is 0 Å². The van der Waals surface area contributed by atoms with Crippen LogP contribution in [0, 0.1) is 11.8 Å². The molecule has 0 radical (unpaired) electrons. The Labute approximate surface area is 97.9 Å². The summed E-state index contributed by atoms with van der Waals surface area (Å²) in [4.78, 5) is 22.5. The fourth-order valence-corrected chi connectivity index (χ4v) is 3.55. The van der Waals surface area contributed by atoms with E-state index in [1.165, 1.54) is 0 Å². The summed E-state index contributed by atoms with van der Waals surface area (Å²) < 4.78 is 0. The maximum atomic E-state index is 11.3. The van der Waals surface area contributed by atoms with Crippen molar-refractivity contribution in [1.82, 2.24) is 0 Å². The summed E-state index contributed by atoms with van der Waals surface area (Å²) in [6.07, 6.45) is 0.660. The van der Waals surface area contributed by atoms with Crippen molar-refractivity contribution in [2.24, 2.45) is 11.8 Å². The second-order valence-corrected chi connectivity index (χ2v) is 4.81. The molecule has 2 N–H and O–H groups in total. The highest BCUT2D eigenvalue weighted by molar-refractivity contribution is 5.84. The van der Waals surface area contributed by atoms with E-state index in [4.69, 9.17) is 0 Å². The predicted molar refractivity (Wildman–Crippen MR) is 58.8 cm³/mol. The zero-order valence-electron chi connectivity index (χ0n) is 9.04. The molecule has 0 unspecified atom stereocenters. The van der Waals surface area contributed by atoms with E-state index in [1.54, 1.807) is 0 Å². The number of carbonyl (C=O) groups is 2. The number of hydrogen-bond acceptors (Lipinski definition) is 2. The highest BCUT2D eigenvalue weighted by Gasteiger charge is 2.56. The smallest absolute Gasteiger partial charge is 0.308 e. The molecule has 3 rings (SSSR count). The Morgan fingerprint density at radius 1 is 0.941 bits per heavy atom. The molecule has 88 valence electrons. The molecule has 0 amide bonds. The summed E-state index contributed by atoms with van der Waals surface area (Å²) in [7, 11) is 0. The minimum atomic E-state index is -0.987. The first-order valence-electron chi connectivity index (χ1n) is 5.65. The van der Waals surface area contributed by atoms with Crippen molar-refractivity contribution < 1.29 is 19.8 Å². The van der Waals surface area contributed by atoms with E-state index in [-0.39, 0.29) is 11.8 Å². The van der Waals surface area contributed by atoms with Crippen molar-refractivity contribution in [3.63, 3.8) is 0 Å². The van der Waals surface area contributed by atoms with E-state index < -0.39 is 23.8 Å². The van der Waals surface area contributed by atoms with Gasteiger partial charge in [0.1, 0.15) is 0 Å². The minimum Gasteiger partial charge on any atom is -0.481 e. The van der Waals surface area contributed by atoms with Gasteiger partial charge in [-0.15, -0.1) is 0 Å². The molecular weight excluding hydrogens is 220 g/mol. The Hall–Kier alpha value is -1.84. The molecule has 0 heterocycles. The molecule has 0 aliphatic heterocycles. The lowest BCUT2D eigenvalue weighted by atomic mass is 9.76. The molecule has 2 bridgehead atoms. The summed E-state index contributed by atoms with van der Waals surface area (Å²) in [6.45, 7) is 0. The van der Waals surface area contributed by atoms with E-state index in [0.717, 1.165) is 11.1 Å². The van der Waals surface area contributed by atoms with Crippen LogP contribution in [0.3, 0.4) is 0 Å². The summed E-state index contributed by atoms with van der Waals surface area (Å²) in [5.41, 5.74) is 2.06. The first kappa shape index (κ1) is 10.3. The lowest BCUT2D eigenvalue weighted by molar-refractivity contribution is -0.153. The third-order valence-electron chi connectivity index (χ3n) is 4.13. The summed E-state index contributed by atoms with van der Waals surface area (Å²) in [6, 6.07) is 7.62. The standard InChI is InChI=1S/C13H12O4/c14-12(15)10-8-5-9(11(10)13(16)17)7-4-2-1-3-6(7)8/h1-4,8-11H,5H2,(H,14,15)(H,16,17)/t8-,9-,10+,11+/m0/s1. The van der Waals surface area contributed by atoms with Gasteiger partial charge in [0.25, 0.3) is 0 Å². The topological polar surface area (TPSA) is 74.6 Å². The zero-order chi connectivity index (χ0) is 12.2. The van der Waals surface area contributed by atoms with Crippen LogP contribution in [0.25, 0.3) is 0 Å². The average molecular weight is 232 g/mol. The summed E-state index contributed by atoms with van der Waals surface area (Å²) in [5, 5.41) is 18.4. The average Bonchev–Trinajstić information content (AvgIpc) is 2.84. The van der Waals surface area contributed by atoms with Gasteiger partial charge < -0.3 is 10.2 Å². The van der Waals surface area contributed by atoms with Crippen LogP contribution in [-0.2, 0) is 9.59 Å². The number of hydrogen-bond donors (Lipinski definition) is 2. The van der Waals surface area contributed by atoms with Gasteiger partial charge in [0, 0.05) is 0 Å². The molecule has 0 aromatic heterocycles. The Morgan fingerprint density at radius 2 is 1.35 bits per heavy atom. The molecule has 4 atom stereocenters. The normalized spacial score (nSPS) is 33.4. The minimum absolute atomic E-state index is 0.130. The lowest BCUT2D eigenvalue weighted by Crippen LogP contribution is -2.33. The SMILES string of the molecule is O=C(O)[C@H]1[C@H](C(=O)O)[C@H]2C[C@H]1c1ccccc12. The van der Waals surface area contributed by atoms with Crippen LogP contribution in [0.1, 0.15) is 29.4 Å². The van der Waals surface area contributed by atoms with Gasteiger partial charge in [-0.2, -0.15) is 0 Å². The molecule has 1 aromatic carbocycles. The summed E-state index contributed by atoms with van der Waals surface area (Å²) in [5.74, 6) is -3.77. The van der Waals surface area contributed by atoms with Gasteiger partial charge in [0.05, 0.1) is 11.8 Å². The molecule has 4 nitrogen and oxygen atoms in total. The number of fused-ring (bicyclic) bond motifs is 5. The predicted octanol–water partition coefficient (Wildman–Crippen LogP) is 1.67. The third-order valence-corrected chi connectivity index (χ3v) is 4.13. The van der Waals surface area contributed by atoms with E-state index >= 15 is 0 Å². The number of aliphatic carboxylic acids is 2. The van der Waals surface area contributed by atoms with Crippen molar-refractivity contribution in [3.8, 4) is 0 Å². The van der Waals surface area contributed by atoms with E-state index in [0.29, 0.717) is 6.42 Å². The maximum Gasteiger partial charge on any atom is 0.308 e. The fourth-order valence-electron chi connectivity index (χ4n) is 3.55. The molecule has 17 heavy (non-hydrogen) atoms. The van der Waals surface area contributed by atoms with E-state index in [2.05, 4.69) is 0 Å². The largest absolute Gasteiger partial charge is 0.481 e. The van der Waals surface area contributed by atoms with E-state index in [1.807, 2.05) is 24.3 Å². The Balaban J connectivity index is 2.12. The van der Waals surface area contributed by atoms with Crippen LogP contribution in [0.15, 0.2) is 24.3 Å². The third kappa shape index (κ3) is 1.24. The van der Waals surface area contributed by atoms with Gasteiger partial charge >= 0.3 is 11.9 Å². The van der Waals surface area contributed by atoms with Crippen molar-refractivity contribution in [1.29, 1.82) is 0 Å². The molecule has 1 saturated carbocycles. The molecule has 2 aliphatic carbocycles. The maximum absolute atomic E-state index is 11.3. The first-order valence-corrected chi connectivity index (χ1v) is 5.65. The van der Waals surface area contributed by atoms with Gasteiger partial charge in [0.15, 0.2) is 0 Å². The Bertz CT molecular complexity index is 463. The van der Waals surface area contributed by atoms with Gasteiger partial charge in [-0.3, -0.25) is 9.59 Å². The monoisotopic (exact) mass is 232 g/mol. The number of carboxylic acid groups (broad SMARTS) is 2. The molecule has 1 fully saturated rings. The van der Waals surface area contributed by atoms with E-state index in [9.17, 15) is 19.8 Å². The fraction of sp³-hybridized carbons (Fsp3) is 0.385. The highest BCUT2D eigenvalue weighted by atomic mass is 16.4. The van der Waals surface area contributed by atoms with Crippen molar-refractivity contribution in [3.05, 3.63) is 35.4 Å². The second kappa shape index (κ2) is 3.32. The molecule has 1 aromatic rings. The van der Waals surface area contributed by atoms with Crippen LogP contribution >= 0.6 is 0 Å².